The minimum absolute atomic E-state index is 0.214. The van der Waals surface area contributed by atoms with Crippen LogP contribution in [-0.2, 0) is 11.2 Å². The van der Waals surface area contributed by atoms with E-state index in [1.165, 1.54) is 23.3 Å². The predicted molar refractivity (Wildman–Crippen MR) is 131 cm³/mol. The summed E-state index contributed by atoms with van der Waals surface area (Å²) in [6.07, 6.45) is 14.3. The van der Waals surface area contributed by atoms with Gasteiger partial charge in [-0.25, -0.2) is 14.4 Å². The molecule has 0 spiro atoms. The van der Waals surface area contributed by atoms with E-state index in [-0.39, 0.29) is 11.9 Å². The van der Waals surface area contributed by atoms with Crippen LogP contribution < -0.4 is 0 Å². The van der Waals surface area contributed by atoms with E-state index in [4.69, 9.17) is 9.72 Å². The third kappa shape index (κ3) is 3.88. The van der Waals surface area contributed by atoms with Gasteiger partial charge in [-0.3, -0.25) is 0 Å². The predicted octanol–water partition coefficient (Wildman–Crippen LogP) is 6.17. The van der Waals surface area contributed by atoms with E-state index in [1.54, 1.807) is 6.20 Å². The third-order valence-electron chi connectivity index (χ3n) is 6.87. The second kappa shape index (κ2) is 8.69. The average Bonchev–Trinajstić information content (AvgIpc) is 3.56. The number of allylic oxidation sites excluding steroid dienone is 3. The SMILES string of the molecule is CC1=CC=C(COCC2CCc3nc(-c4ccc(F)cc4)c(-c4ccc5nccn5c4)n32)CC1. The standard InChI is InChI=1S/C28H27FN4O/c1-19-2-4-20(5-3-19)17-34-18-24-11-13-26-31-27(21-6-9-23(29)10-7-21)28(33(24)26)22-8-12-25-30-14-15-32(25)16-22/h2,4,6-10,12,14-16,24H,3,5,11,13,17-18H2,1H3. The van der Waals surface area contributed by atoms with Gasteiger partial charge in [0, 0.05) is 36.1 Å². The van der Waals surface area contributed by atoms with Crippen LogP contribution in [0.4, 0.5) is 4.39 Å². The minimum atomic E-state index is -0.245. The molecule has 0 bridgehead atoms. The lowest BCUT2D eigenvalue weighted by Gasteiger charge is -2.19. The van der Waals surface area contributed by atoms with E-state index in [1.807, 2.05) is 28.8 Å². The lowest BCUT2D eigenvalue weighted by molar-refractivity contribution is 0.122. The van der Waals surface area contributed by atoms with Crippen molar-refractivity contribution in [3.05, 3.63) is 89.9 Å². The van der Waals surface area contributed by atoms with Crippen molar-refractivity contribution in [2.75, 3.05) is 13.2 Å². The van der Waals surface area contributed by atoms with Crippen LogP contribution in [0.1, 0.15) is 38.1 Å². The number of rotatable bonds is 6. The maximum Gasteiger partial charge on any atom is 0.136 e. The molecule has 0 N–H and O–H groups in total. The van der Waals surface area contributed by atoms with Gasteiger partial charge in [-0.2, -0.15) is 0 Å². The van der Waals surface area contributed by atoms with E-state index in [2.05, 4.69) is 40.9 Å². The number of halogens is 1. The zero-order valence-electron chi connectivity index (χ0n) is 19.2. The summed E-state index contributed by atoms with van der Waals surface area (Å²) in [6.45, 7) is 3.49. The van der Waals surface area contributed by atoms with Crippen molar-refractivity contribution < 1.29 is 9.13 Å². The number of benzene rings is 1. The molecule has 3 aromatic heterocycles. The summed E-state index contributed by atoms with van der Waals surface area (Å²) >= 11 is 0. The molecular weight excluding hydrogens is 427 g/mol. The first-order valence-corrected chi connectivity index (χ1v) is 11.9. The van der Waals surface area contributed by atoms with Gasteiger partial charge in [0.2, 0.25) is 0 Å². The number of hydrogen-bond donors (Lipinski definition) is 0. The Morgan fingerprint density at radius 1 is 1.03 bits per heavy atom. The zero-order valence-corrected chi connectivity index (χ0v) is 19.2. The molecule has 0 saturated carbocycles. The molecule has 172 valence electrons. The number of hydrogen-bond acceptors (Lipinski definition) is 3. The van der Waals surface area contributed by atoms with Crippen molar-refractivity contribution in [2.24, 2.45) is 0 Å². The van der Waals surface area contributed by atoms with E-state index in [9.17, 15) is 4.39 Å². The van der Waals surface area contributed by atoms with Gasteiger partial charge in [0.05, 0.1) is 30.6 Å². The Morgan fingerprint density at radius 3 is 2.71 bits per heavy atom. The highest BCUT2D eigenvalue weighted by atomic mass is 19.1. The summed E-state index contributed by atoms with van der Waals surface area (Å²) in [6, 6.07) is 10.9. The fraction of sp³-hybridized carbons (Fsp3) is 0.286. The maximum absolute atomic E-state index is 13.6. The zero-order chi connectivity index (χ0) is 23.1. The van der Waals surface area contributed by atoms with E-state index in [0.717, 1.165) is 59.7 Å². The molecule has 1 aromatic carbocycles. The summed E-state index contributed by atoms with van der Waals surface area (Å²) < 4.78 is 24.2. The molecule has 1 aliphatic carbocycles. The van der Waals surface area contributed by atoms with Crippen LogP contribution >= 0.6 is 0 Å². The summed E-state index contributed by atoms with van der Waals surface area (Å²) in [7, 11) is 0. The first-order chi connectivity index (χ1) is 16.7. The van der Waals surface area contributed by atoms with Crippen LogP contribution in [0.3, 0.4) is 0 Å². The Bertz CT molecular complexity index is 1410. The number of nitrogens with zero attached hydrogens (tertiary/aromatic N) is 4. The van der Waals surface area contributed by atoms with Gasteiger partial charge in [-0.1, -0.05) is 17.7 Å². The Hall–Kier alpha value is -3.51. The molecule has 34 heavy (non-hydrogen) atoms. The maximum atomic E-state index is 13.6. The quantitative estimate of drug-likeness (QED) is 0.350. The molecule has 1 atom stereocenters. The Balaban J connectivity index is 1.36. The van der Waals surface area contributed by atoms with E-state index < -0.39 is 0 Å². The van der Waals surface area contributed by atoms with Gasteiger partial charge in [0.15, 0.2) is 0 Å². The van der Waals surface area contributed by atoms with Crippen molar-refractivity contribution >= 4 is 5.65 Å². The van der Waals surface area contributed by atoms with Crippen LogP contribution in [0.25, 0.3) is 28.2 Å². The van der Waals surface area contributed by atoms with Gasteiger partial charge in [0.1, 0.15) is 17.3 Å². The van der Waals surface area contributed by atoms with Gasteiger partial charge >= 0.3 is 0 Å². The van der Waals surface area contributed by atoms with Crippen LogP contribution in [0.15, 0.2) is 78.3 Å². The number of ether oxygens (including phenoxy) is 1. The molecule has 1 aliphatic heterocycles. The molecule has 6 rings (SSSR count). The molecule has 0 saturated heterocycles. The van der Waals surface area contributed by atoms with E-state index >= 15 is 0 Å². The molecule has 1 unspecified atom stereocenters. The molecule has 2 aliphatic rings. The van der Waals surface area contributed by atoms with Gasteiger partial charge in [0.25, 0.3) is 0 Å². The van der Waals surface area contributed by atoms with E-state index in [0.29, 0.717) is 13.2 Å². The number of imidazole rings is 2. The molecule has 0 amide bonds. The van der Waals surface area contributed by atoms with Crippen LogP contribution in [0.5, 0.6) is 0 Å². The van der Waals surface area contributed by atoms with Crippen molar-refractivity contribution in [3.8, 4) is 22.5 Å². The second-order valence-electron chi connectivity index (χ2n) is 9.26. The smallest absolute Gasteiger partial charge is 0.136 e. The van der Waals surface area contributed by atoms with Gasteiger partial charge < -0.3 is 13.7 Å². The molecule has 0 fully saturated rings. The van der Waals surface area contributed by atoms with Crippen molar-refractivity contribution in [1.82, 2.24) is 18.9 Å². The van der Waals surface area contributed by atoms with Crippen molar-refractivity contribution in [2.45, 2.75) is 38.6 Å². The third-order valence-corrected chi connectivity index (χ3v) is 6.87. The molecule has 0 radical (unpaired) electrons. The largest absolute Gasteiger partial charge is 0.375 e. The molecule has 4 aromatic rings. The lowest BCUT2D eigenvalue weighted by Crippen LogP contribution is -2.14. The first kappa shape index (κ1) is 21.1. The molecule has 5 nitrogen and oxygen atoms in total. The monoisotopic (exact) mass is 454 g/mol. The minimum Gasteiger partial charge on any atom is -0.375 e. The Morgan fingerprint density at radius 2 is 1.88 bits per heavy atom. The highest BCUT2D eigenvalue weighted by Gasteiger charge is 2.30. The second-order valence-corrected chi connectivity index (χ2v) is 9.26. The van der Waals surface area contributed by atoms with Gasteiger partial charge in [-0.15, -0.1) is 0 Å². The van der Waals surface area contributed by atoms with Gasteiger partial charge in [-0.05, 0) is 68.2 Å². The number of aromatic nitrogens is 4. The summed E-state index contributed by atoms with van der Waals surface area (Å²) in [5, 5.41) is 0. The number of aryl methyl sites for hydroxylation is 1. The number of fused-ring (bicyclic) bond motifs is 2. The van der Waals surface area contributed by atoms with Crippen molar-refractivity contribution in [1.29, 1.82) is 0 Å². The first-order valence-electron chi connectivity index (χ1n) is 11.9. The number of pyridine rings is 1. The average molecular weight is 455 g/mol. The molecular formula is C28H27FN4O. The van der Waals surface area contributed by atoms with Crippen LogP contribution in [0.2, 0.25) is 0 Å². The Kier molecular flexibility index (Phi) is 5.38. The highest BCUT2D eigenvalue weighted by molar-refractivity contribution is 5.79. The molecule has 4 heterocycles. The lowest BCUT2D eigenvalue weighted by atomic mass is 10.0. The normalized spacial score (nSPS) is 17.6. The highest BCUT2D eigenvalue weighted by Crippen LogP contribution is 2.40. The summed E-state index contributed by atoms with van der Waals surface area (Å²) in [4.78, 5) is 9.41. The summed E-state index contributed by atoms with van der Waals surface area (Å²) in [5.74, 6) is 0.814. The topological polar surface area (TPSA) is 44.4 Å². The fourth-order valence-corrected chi connectivity index (χ4v) is 5.01. The molecule has 6 heteroatoms. The van der Waals surface area contributed by atoms with Crippen LogP contribution in [-0.4, -0.2) is 32.1 Å². The van der Waals surface area contributed by atoms with Crippen molar-refractivity contribution in [3.63, 3.8) is 0 Å². The summed E-state index contributed by atoms with van der Waals surface area (Å²) in [5.41, 5.74) is 7.60. The van der Waals surface area contributed by atoms with Crippen LogP contribution in [0, 0.1) is 5.82 Å². The fourth-order valence-electron chi connectivity index (χ4n) is 5.01. The Labute approximate surface area is 198 Å².